The van der Waals surface area contributed by atoms with Gasteiger partial charge in [0.2, 0.25) is 0 Å². The molecule has 0 aliphatic rings. The maximum atomic E-state index is 11.3. The van der Waals surface area contributed by atoms with Crippen molar-refractivity contribution >= 4 is 5.91 Å². The number of hydrogen-bond acceptors (Lipinski definition) is 3. The maximum Gasteiger partial charge on any atom is 0.286 e. The van der Waals surface area contributed by atoms with Crippen molar-refractivity contribution in [3.63, 3.8) is 0 Å². The Morgan fingerprint density at radius 1 is 1.35 bits per heavy atom. The van der Waals surface area contributed by atoms with Gasteiger partial charge in [0.1, 0.15) is 12.4 Å². The monoisotopic (exact) mass is 231 g/mol. The molecular weight excluding hydrogens is 218 g/mol. The Labute approximate surface area is 99.2 Å². The summed E-state index contributed by atoms with van der Waals surface area (Å²) in [5.41, 5.74) is 0.826. The van der Waals surface area contributed by atoms with E-state index in [-0.39, 0.29) is 5.91 Å². The number of rotatable bonds is 4. The third-order valence-corrected chi connectivity index (χ3v) is 2.25. The Bertz CT molecular complexity index is 490. The minimum absolute atomic E-state index is 0.240. The predicted molar refractivity (Wildman–Crippen MR) is 62.9 cm³/mol. The van der Waals surface area contributed by atoms with E-state index >= 15 is 0 Å². The highest BCUT2D eigenvalue weighted by atomic mass is 16.5. The van der Waals surface area contributed by atoms with Crippen LogP contribution < -0.4 is 10.1 Å². The van der Waals surface area contributed by atoms with Crippen LogP contribution in [-0.4, -0.2) is 13.0 Å². The molecule has 0 spiro atoms. The molecule has 1 amide bonds. The topological polar surface area (TPSA) is 51.5 Å². The Hall–Kier alpha value is -2.23. The summed E-state index contributed by atoms with van der Waals surface area (Å²) in [6, 6.07) is 11.1. The van der Waals surface area contributed by atoms with Crippen molar-refractivity contribution in [3.8, 4) is 5.75 Å². The minimum atomic E-state index is -0.240. The molecule has 0 unspecified atom stereocenters. The Morgan fingerprint density at radius 3 is 2.82 bits per heavy atom. The van der Waals surface area contributed by atoms with Crippen molar-refractivity contribution in [3.05, 3.63) is 54.0 Å². The summed E-state index contributed by atoms with van der Waals surface area (Å²) in [6.07, 6.45) is 1.52. The normalized spacial score (nSPS) is 9.94. The van der Waals surface area contributed by atoms with E-state index < -0.39 is 0 Å². The second-order valence-corrected chi connectivity index (χ2v) is 3.50. The van der Waals surface area contributed by atoms with Crippen LogP contribution in [0.2, 0.25) is 0 Å². The van der Waals surface area contributed by atoms with E-state index in [0.29, 0.717) is 12.4 Å². The third kappa shape index (κ3) is 2.87. The number of hydrogen-bond donors (Lipinski definition) is 1. The summed E-state index contributed by atoms with van der Waals surface area (Å²) >= 11 is 0. The molecule has 0 saturated carbocycles. The van der Waals surface area contributed by atoms with E-state index in [1.54, 1.807) is 13.1 Å². The van der Waals surface area contributed by atoms with Gasteiger partial charge in [-0.2, -0.15) is 0 Å². The summed E-state index contributed by atoms with van der Waals surface area (Å²) in [4.78, 5) is 11.3. The van der Waals surface area contributed by atoms with Crippen molar-refractivity contribution in [2.24, 2.45) is 0 Å². The van der Waals surface area contributed by atoms with Crippen molar-refractivity contribution in [1.29, 1.82) is 0 Å². The lowest BCUT2D eigenvalue weighted by molar-refractivity contribution is 0.0935. The van der Waals surface area contributed by atoms with Crippen LogP contribution in [0.15, 0.2) is 47.1 Å². The fourth-order valence-electron chi connectivity index (χ4n) is 1.38. The van der Waals surface area contributed by atoms with Gasteiger partial charge >= 0.3 is 0 Å². The molecule has 1 aromatic heterocycles. The summed E-state index contributed by atoms with van der Waals surface area (Å²) in [5, 5.41) is 2.49. The Kier molecular flexibility index (Phi) is 3.45. The zero-order valence-electron chi connectivity index (χ0n) is 9.47. The van der Waals surface area contributed by atoms with Gasteiger partial charge in [-0.3, -0.25) is 4.79 Å². The fourth-order valence-corrected chi connectivity index (χ4v) is 1.38. The molecule has 1 N–H and O–H groups in total. The lowest BCUT2D eigenvalue weighted by atomic mass is 10.3. The highest BCUT2D eigenvalue weighted by Crippen LogP contribution is 2.13. The second-order valence-electron chi connectivity index (χ2n) is 3.50. The van der Waals surface area contributed by atoms with Crippen molar-refractivity contribution in [2.45, 2.75) is 6.61 Å². The molecule has 1 heterocycles. The predicted octanol–water partition coefficient (Wildman–Crippen LogP) is 2.22. The zero-order valence-corrected chi connectivity index (χ0v) is 9.47. The molecule has 0 fully saturated rings. The summed E-state index contributed by atoms with van der Waals surface area (Å²) < 4.78 is 10.6. The molecule has 0 bridgehead atoms. The van der Waals surface area contributed by atoms with Gasteiger partial charge in [-0.25, -0.2) is 0 Å². The van der Waals surface area contributed by atoms with Gasteiger partial charge in [-0.05, 0) is 18.2 Å². The van der Waals surface area contributed by atoms with Crippen LogP contribution in [0.5, 0.6) is 5.75 Å². The Balaban J connectivity index is 1.96. The van der Waals surface area contributed by atoms with E-state index in [1.165, 1.54) is 6.26 Å². The van der Waals surface area contributed by atoms with Gasteiger partial charge < -0.3 is 14.5 Å². The number of benzene rings is 1. The molecule has 0 aliphatic heterocycles. The minimum Gasteiger partial charge on any atom is -0.489 e. The third-order valence-electron chi connectivity index (χ3n) is 2.25. The van der Waals surface area contributed by atoms with Gasteiger partial charge in [-0.1, -0.05) is 18.2 Å². The number of para-hydroxylation sites is 1. The zero-order chi connectivity index (χ0) is 12.1. The molecule has 2 rings (SSSR count). The fraction of sp³-hybridized carbons (Fsp3) is 0.154. The largest absolute Gasteiger partial charge is 0.489 e. The first-order valence-corrected chi connectivity index (χ1v) is 5.27. The number of carbonyl (C=O) groups excluding carboxylic acids is 1. The van der Waals surface area contributed by atoms with E-state index in [2.05, 4.69) is 5.32 Å². The molecule has 0 radical (unpaired) electrons. The van der Waals surface area contributed by atoms with E-state index in [0.717, 1.165) is 11.3 Å². The number of amides is 1. The quantitative estimate of drug-likeness (QED) is 0.877. The van der Waals surface area contributed by atoms with E-state index in [9.17, 15) is 4.79 Å². The molecule has 0 aliphatic carbocycles. The smallest absolute Gasteiger partial charge is 0.286 e. The van der Waals surface area contributed by atoms with Gasteiger partial charge in [-0.15, -0.1) is 0 Å². The first-order chi connectivity index (χ1) is 8.29. The van der Waals surface area contributed by atoms with Crippen LogP contribution in [0.25, 0.3) is 0 Å². The van der Waals surface area contributed by atoms with Crippen LogP contribution in [0.1, 0.15) is 16.1 Å². The van der Waals surface area contributed by atoms with Gasteiger partial charge in [0, 0.05) is 12.6 Å². The average molecular weight is 231 g/mol. The molecule has 2 aromatic rings. The summed E-state index contributed by atoms with van der Waals surface area (Å²) in [7, 11) is 1.56. The number of furan rings is 1. The van der Waals surface area contributed by atoms with Crippen LogP contribution in [0.4, 0.5) is 0 Å². The second kappa shape index (κ2) is 5.21. The first kappa shape index (κ1) is 11.3. The standard InChI is InChI=1S/C13H13NO3/c1-14-13(15)12-7-10(9-17-12)8-16-11-5-3-2-4-6-11/h2-7,9H,8H2,1H3,(H,14,15). The average Bonchev–Trinajstić information content (AvgIpc) is 2.85. The van der Waals surface area contributed by atoms with E-state index in [4.69, 9.17) is 9.15 Å². The summed E-state index contributed by atoms with van der Waals surface area (Å²) in [5.74, 6) is 0.838. The molecule has 4 heteroatoms. The van der Waals surface area contributed by atoms with Crippen LogP contribution >= 0.6 is 0 Å². The van der Waals surface area contributed by atoms with Crippen molar-refractivity contribution in [1.82, 2.24) is 5.32 Å². The van der Waals surface area contributed by atoms with Crippen LogP contribution in [0, 0.1) is 0 Å². The summed E-state index contributed by atoms with van der Waals surface area (Å²) in [6.45, 7) is 0.379. The molecule has 4 nitrogen and oxygen atoms in total. The lowest BCUT2D eigenvalue weighted by Crippen LogP contribution is -2.16. The van der Waals surface area contributed by atoms with Gasteiger partial charge in [0.05, 0.1) is 6.26 Å². The SMILES string of the molecule is CNC(=O)c1cc(COc2ccccc2)co1. The van der Waals surface area contributed by atoms with Gasteiger partial charge in [0.25, 0.3) is 5.91 Å². The number of nitrogens with one attached hydrogen (secondary N) is 1. The van der Waals surface area contributed by atoms with Gasteiger partial charge in [0.15, 0.2) is 5.76 Å². The van der Waals surface area contributed by atoms with E-state index in [1.807, 2.05) is 30.3 Å². The highest BCUT2D eigenvalue weighted by Gasteiger charge is 2.09. The molecule has 0 saturated heterocycles. The molecule has 17 heavy (non-hydrogen) atoms. The van der Waals surface area contributed by atoms with Crippen molar-refractivity contribution < 1.29 is 13.9 Å². The van der Waals surface area contributed by atoms with Crippen LogP contribution in [-0.2, 0) is 6.61 Å². The first-order valence-electron chi connectivity index (χ1n) is 5.27. The Morgan fingerprint density at radius 2 is 2.12 bits per heavy atom. The maximum absolute atomic E-state index is 11.3. The number of carbonyl (C=O) groups is 1. The highest BCUT2D eigenvalue weighted by molar-refractivity contribution is 5.91. The number of ether oxygens (including phenoxy) is 1. The van der Waals surface area contributed by atoms with Crippen LogP contribution in [0.3, 0.4) is 0 Å². The lowest BCUT2D eigenvalue weighted by Gasteiger charge is -2.02. The molecule has 0 atom stereocenters. The molecular formula is C13H13NO3. The molecule has 1 aromatic carbocycles. The molecule has 88 valence electrons. The van der Waals surface area contributed by atoms with Crippen molar-refractivity contribution in [2.75, 3.05) is 7.05 Å².